The molecule has 0 saturated carbocycles. The summed E-state index contributed by atoms with van der Waals surface area (Å²) in [6, 6.07) is 2.33. The zero-order chi connectivity index (χ0) is 11.4. The Hall–Kier alpha value is -0.340. The van der Waals surface area contributed by atoms with E-state index in [1.54, 1.807) is 0 Å². The predicted molar refractivity (Wildman–Crippen MR) is 69.6 cm³/mol. The van der Waals surface area contributed by atoms with Crippen molar-refractivity contribution in [2.75, 3.05) is 13.1 Å². The first-order valence-corrected chi connectivity index (χ1v) is 6.95. The summed E-state index contributed by atoms with van der Waals surface area (Å²) < 4.78 is 0. The molecule has 2 heteroatoms. The Balaban J connectivity index is 1.78. The number of likely N-dealkylation sites (tertiary alicyclic amines) is 1. The second kappa shape index (κ2) is 5.83. The van der Waals surface area contributed by atoms with Crippen LogP contribution in [0.4, 0.5) is 0 Å². The van der Waals surface area contributed by atoms with Crippen LogP contribution in [0.3, 0.4) is 0 Å². The van der Waals surface area contributed by atoms with E-state index in [0.29, 0.717) is 0 Å². The van der Waals surface area contributed by atoms with Gasteiger partial charge in [-0.2, -0.15) is 0 Å². The number of piperidine rings is 1. The van der Waals surface area contributed by atoms with Crippen LogP contribution in [0.2, 0.25) is 0 Å². The Labute approximate surface area is 100 Å². The summed E-state index contributed by atoms with van der Waals surface area (Å²) in [6.07, 6.45) is 11.2. The van der Waals surface area contributed by atoms with E-state index in [4.69, 9.17) is 0 Å². The molecule has 1 N–H and O–H groups in total. The van der Waals surface area contributed by atoms with Crippen molar-refractivity contribution in [1.29, 1.82) is 0 Å². The van der Waals surface area contributed by atoms with Gasteiger partial charge >= 0.3 is 0 Å². The van der Waals surface area contributed by atoms with Crippen molar-refractivity contribution in [3.05, 3.63) is 12.2 Å². The lowest BCUT2D eigenvalue weighted by Crippen LogP contribution is -2.50. The lowest BCUT2D eigenvalue weighted by molar-refractivity contribution is 0.0929. The van der Waals surface area contributed by atoms with Gasteiger partial charge in [-0.15, -0.1) is 0 Å². The molecule has 0 spiro atoms. The van der Waals surface area contributed by atoms with Gasteiger partial charge in [0.05, 0.1) is 0 Å². The van der Waals surface area contributed by atoms with Crippen molar-refractivity contribution < 1.29 is 0 Å². The Kier molecular flexibility index (Phi) is 4.42. The number of rotatable bonds is 4. The maximum Gasteiger partial charge on any atom is 0.0167 e. The second-order valence-corrected chi connectivity index (χ2v) is 5.36. The molecular formula is C14H26N2. The molecule has 1 aliphatic heterocycles. The molecule has 1 aliphatic carbocycles. The maximum atomic E-state index is 3.67. The smallest absolute Gasteiger partial charge is 0.0167 e. The third kappa shape index (κ3) is 2.86. The van der Waals surface area contributed by atoms with Crippen molar-refractivity contribution in [3.63, 3.8) is 0 Å². The zero-order valence-corrected chi connectivity index (χ0v) is 10.8. The van der Waals surface area contributed by atoms with Gasteiger partial charge in [0.2, 0.25) is 0 Å². The van der Waals surface area contributed by atoms with Gasteiger partial charge in [-0.05, 0) is 45.6 Å². The van der Waals surface area contributed by atoms with Gasteiger partial charge in [-0.1, -0.05) is 19.1 Å². The van der Waals surface area contributed by atoms with Gasteiger partial charge in [-0.3, -0.25) is 4.90 Å². The van der Waals surface area contributed by atoms with Crippen molar-refractivity contribution in [1.82, 2.24) is 10.2 Å². The Morgan fingerprint density at radius 3 is 2.69 bits per heavy atom. The average Bonchev–Trinajstić information content (AvgIpc) is 2.80. The van der Waals surface area contributed by atoms with Crippen LogP contribution in [0.15, 0.2) is 12.2 Å². The molecule has 1 heterocycles. The normalized spacial score (nSPS) is 32.4. The number of nitrogens with zero attached hydrogens (tertiary/aromatic N) is 1. The van der Waals surface area contributed by atoms with Crippen LogP contribution >= 0.6 is 0 Å². The summed E-state index contributed by atoms with van der Waals surface area (Å²) >= 11 is 0. The molecule has 1 fully saturated rings. The predicted octanol–water partition coefficient (Wildman–Crippen LogP) is 2.56. The molecule has 0 amide bonds. The van der Waals surface area contributed by atoms with Crippen molar-refractivity contribution in [3.8, 4) is 0 Å². The first kappa shape index (κ1) is 12.1. The van der Waals surface area contributed by atoms with Crippen LogP contribution in [-0.2, 0) is 0 Å². The molecule has 0 radical (unpaired) electrons. The van der Waals surface area contributed by atoms with E-state index in [9.17, 15) is 0 Å². The average molecular weight is 222 g/mol. The summed E-state index contributed by atoms with van der Waals surface area (Å²) in [4.78, 5) is 2.73. The van der Waals surface area contributed by atoms with Crippen LogP contribution in [-0.4, -0.2) is 36.1 Å². The standard InChI is InChI=1S/C14H26N2/c1-3-9-15-13-8-10-16(12(2)11-13)14-6-4-5-7-14/h4-5,12-15H,3,6-11H2,1-2H3. The molecule has 0 aromatic rings. The molecule has 2 atom stereocenters. The van der Waals surface area contributed by atoms with Gasteiger partial charge < -0.3 is 5.32 Å². The SMILES string of the molecule is CCCNC1CCN(C2CC=CC2)C(C)C1. The largest absolute Gasteiger partial charge is 0.314 e. The van der Waals surface area contributed by atoms with Crippen LogP contribution in [0.1, 0.15) is 46.0 Å². The number of hydrogen-bond acceptors (Lipinski definition) is 2. The Bertz CT molecular complexity index is 229. The molecule has 16 heavy (non-hydrogen) atoms. The zero-order valence-electron chi connectivity index (χ0n) is 10.8. The van der Waals surface area contributed by atoms with Crippen molar-refractivity contribution in [2.45, 2.75) is 64.1 Å². The Morgan fingerprint density at radius 2 is 2.06 bits per heavy atom. The second-order valence-electron chi connectivity index (χ2n) is 5.36. The van der Waals surface area contributed by atoms with Crippen LogP contribution in [0.25, 0.3) is 0 Å². The van der Waals surface area contributed by atoms with Gasteiger partial charge in [-0.25, -0.2) is 0 Å². The maximum absolute atomic E-state index is 3.67. The topological polar surface area (TPSA) is 15.3 Å². The van der Waals surface area contributed by atoms with Crippen molar-refractivity contribution >= 4 is 0 Å². The van der Waals surface area contributed by atoms with Gasteiger partial charge in [0, 0.05) is 24.7 Å². The van der Waals surface area contributed by atoms with Gasteiger partial charge in [0.1, 0.15) is 0 Å². The molecule has 2 rings (SSSR count). The number of nitrogens with one attached hydrogen (secondary N) is 1. The first-order valence-electron chi connectivity index (χ1n) is 6.95. The van der Waals surface area contributed by atoms with E-state index in [1.165, 1.54) is 45.2 Å². The van der Waals surface area contributed by atoms with Crippen LogP contribution in [0, 0.1) is 0 Å². The fourth-order valence-electron chi connectivity index (χ4n) is 3.14. The van der Waals surface area contributed by atoms with E-state index in [-0.39, 0.29) is 0 Å². The molecule has 1 saturated heterocycles. The fourth-order valence-corrected chi connectivity index (χ4v) is 3.14. The monoisotopic (exact) mass is 222 g/mol. The van der Waals surface area contributed by atoms with Crippen LogP contribution in [0.5, 0.6) is 0 Å². The fraction of sp³-hybridized carbons (Fsp3) is 0.857. The minimum Gasteiger partial charge on any atom is -0.314 e. The van der Waals surface area contributed by atoms with Gasteiger partial charge in [0.25, 0.3) is 0 Å². The number of hydrogen-bond donors (Lipinski definition) is 1. The van der Waals surface area contributed by atoms with E-state index < -0.39 is 0 Å². The highest BCUT2D eigenvalue weighted by atomic mass is 15.2. The molecule has 2 unspecified atom stereocenters. The summed E-state index contributed by atoms with van der Waals surface area (Å²) in [5.74, 6) is 0. The third-order valence-electron chi connectivity index (χ3n) is 4.06. The summed E-state index contributed by atoms with van der Waals surface area (Å²) in [6.45, 7) is 7.12. The molecule has 0 bridgehead atoms. The summed E-state index contributed by atoms with van der Waals surface area (Å²) in [5, 5.41) is 3.67. The minimum atomic E-state index is 0.757. The van der Waals surface area contributed by atoms with E-state index in [2.05, 4.69) is 36.2 Å². The first-order chi connectivity index (χ1) is 7.81. The highest BCUT2D eigenvalue weighted by Gasteiger charge is 2.30. The third-order valence-corrected chi connectivity index (χ3v) is 4.06. The molecular weight excluding hydrogens is 196 g/mol. The minimum absolute atomic E-state index is 0.757. The quantitative estimate of drug-likeness (QED) is 0.735. The van der Waals surface area contributed by atoms with Crippen molar-refractivity contribution in [2.24, 2.45) is 0 Å². The highest BCUT2D eigenvalue weighted by Crippen LogP contribution is 2.25. The molecule has 0 aromatic carbocycles. The Morgan fingerprint density at radius 1 is 1.31 bits per heavy atom. The van der Waals surface area contributed by atoms with Crippen LogP contribution < -0.4 is 5.32 Å². The van der Waals surface area contributed by atoms with E-state index >= 15 is 0 Å². The lowest BCUT2D eigenvalue weighted by atomic mass is 9.95. The van der Waals surface area contributed by atoms with E-state index in [0.717, 1.165) is 18.1 Å². The van der Waals surface area contributed by atoms with Gasteiger partial charge in [0.15, 0.2) is 0 Å². The molecule has 0 aromatic heterocycles. The molecule has 2 nitrogen and oxygen atoms in total. The lowest BCUT2D eigenvalue weighted by Gasteiger charge is -2.41. The summed E-state index contributed by atoms with van der Waals surface area (Å²) in [5.41, 5.74) is 0. The highest BCUT2D eigenvalue weighted by molar-refractivity contribution is 5.00. The molecule has 92 valence electrons. The molecule has 2 aliphatic rings. The van der Waals surface area contributed by atoms with E-state index in [1.807, 2.05) is 0 Å². The summed E-state index contributed by atoms with van der Waals surface area (Å²) in [7, 11) is 0.